The summed E-state index contributed by atoms with van der Waals surface area (Å²) >= 11 is 5.95. The Labute approximate surface area is 101 Å². The second-order valence-electron chi connectivity index (χ2n) is 3.89. The summed E-state index contributed by atoms with van der Waals surface area (Å²) in [5, 5.41) is 0.310. The van der Waals surface area contributed by atoms with Gasteiger partial charge in [-0.1, -0.05) is 18.5 Å². The first-order valence-electron chi connectivity index (χ1n) is 5.25. The second-order valence-corrected chi connectivity index (χ2v) is 4.30. The Morgan fingerprint density at radius 3 is 2.69 bits per heavy atom. The van der Waals surface area contributed by atoms with Crippen LogP contribution in [0, 0.1) is 12.7 Å². The molecule has 2 N–H and O–H groups in total. The van der Waals surface area contributed by atoms with Crippen LogP contribution < -0.4 is 10.5 Å². The van der Waals surface area contributed by atoms with E-state index >= 15 is 0 Å². The van der Waals surface area contributed by atoms with Gasteiger partial charge in [0.1, 0.15) is 11.6 Å². The molecule has 0 aliphatic heterocycles. The van der Waals surface area contributed by atoms with Crippen molar-refractivity contribution in [2.45, 2.75) is 26.2 Å². The fourth-order valence-corrected chi connectivity index (χ4v) is 2.18. The van der Waals surface area contributed by atoms with E-state index in [-0.39, 0.29) is 11.7 Å². The number of benzene rings is 1. The average Bonchev–Trinajstić information content (AvgIpc) is 2.23. The summed E-state index contributed by atoms with van der Waals surface area (Å²) in [6, 6.07) is 1.29. The highest BCUT2D eigenvalue weighted by Crippen LogP contribution is 2.38. The van der Waals surface area contributed by atoms with Crippen molar-refractivity contribution in [3.05, 3.63) is 28.0 Å². The number of nitrogens with two attached hydrogens (primary N) is 1. The van der Waals surface area contributed by atoms with Gasteiger partial charge in [-0.05, 0) is 37.4 Å². The topological polar surface area (TPSA) is 35.2 Å². The molecule has 0 spiro atoms. The molecule has 0 saturated heterocycles. The quantitative estimate of drug-likeness (QED) is 0.884. The number of halogens is 2. The smallest absolute Gasteiger partial charge is 0.141 e. The van der Waals surface area contributed by atoms with Crippen molar-refractivity contribution < 1.29 is 9.13 Å². The van der Waals surface area contributed by atoms with E-state index in [0.717, 1.165) is 12.0 Å². The summed E-state index contributed by atoms with van der Waals surface area (Å²) in [4.78, 5) is 0. The van der Waals surface area contributed by atoms with Crippen molar-refractivity contribution in [3.63, 3.8) is 0 Å². The van der Waals surface area contributed by atoms with Gasteiger partial charge in [-0.15, -0.1) is 0 Å². The van der Waals surface area contributed by atoms with Crippen LogP contribution in [-0.4, -0.2) is 13.7 Å². The van der Waals surface area contributed by atoms with Gasteiger partial charge < -0.3 is 10.5 Å². The van der Waals surface area contributed by atoms with Gasteiger partial charge in [0.25, 0.3) is 0 Å². The molecule has 16 heavy (non-hydrogen) atoms. The van der Waals surface area contributed by atoms with Crippen molar-refractivity contribution in [2.75, 3.05) is 13.7 Å². The molecule has 4 heteroatoms. The molecule has 0 heterocycles. The van der Waals surface area contributed by atoms with Gasteiger partial charge in [-0.3, -0.25) is 0 Å². The van der Waals surface area contributed by atoms with Crippen molar-refractivity contribution in [1.82, 2.24) is 0 Å². The van der Waals surface area contributed by atoms with Gasteiger partial charge in [0.05, 0.1) is 12.1 Å². The first-order valence-corrected chi connectivity index (χ1v) is 5.63. The van der Waals surface area contributed by atoms with E-state index in [1.165, 1.54) is 13.2 Å². The minimum absolute atomic E-state index is 0.133. The van der Waals surface area contributed by atoms with Crippen LogP contribution in [-0.2, 0) is 0 Å². The minimum atomic E-state index is -0.301. The molecule has 0 aliphatic carbocycles. The molecule has 1 unspecified atom stereocenters. The maximum atomic E-state index is 13.6. The fraction of sp³-hybridized carbons (Fsp3) is 0.500. The van der Waals surface area contributed by atoms with E-state index in [2.05, 4.69) is 0 Å². The summed E-state index contributed by atoms with van der Waals surface area (Å²) < 4.78 is 18.8. The van der Waals surface area contributed by atoms with Gasteiger partial charge >= 0.3 is 0 Å². The Kier molecular flexibility index (Phi) is 4.56. The van der Waals surface area contributed by atoms with Crippen LogP contribution in [0.25, 0.3) is 0 Å². The first kappa shape index (κ1) is 13.3. The summed E-state index contributed by atoms with van der Waals surface area (Å²) in [6.45, 7) is 4.28. The molecule has 0 radical (unpaired) electrons. The predicted molar refractivity (Wildman–Crippen MR) is 64.8 cm³/mol. The minimum Gasteiger partial charge on any atom is -0.495 e. The van der Waals surface area contributed by atoms with Crippen LogP contribution in [0.1, 0.15) is 30.4 Å². The van der Waals surface area contributed by atoms with Crippen LogP contribution in [0.2, 0.25) is 5.02 Å². The predicted octanol–water partition coefficient (Wildman–Crippen LogP) is 3.25. The molecule has 0 aromatic heterocycles. The fourth-order valence-electron chi connectivity index (χ4n) is 1.91. The van der Waals surface area contributed by atoms with Gasteiger partial charge in [-0.25, -0.2) is 4.39 Å². The molecular formula is C12H17ClFNO. The highest BCUT2D eigenvalue weighted by Gasteiger charge is 2.19. The Morgan fingerprint density at radius 1 is 1.56 bits per heavy atom. The third-order valence-corrected chi connectivity index (χ3v) is 3.05. The maximum absolute atomic E-state index is 13.6. The summed E-state index contributed by atoms with van der Waals surface area (Å²) in [7, 11) is 1.54. The lowest BCUT2D eigenvalue weighted by molar-refractivity contribution is 0.403. The Hall–Kier alpha value is -0.800. The van der Waals surface area contributed by atoms with E-state index in [1.807, 2.05) is 6.92 Å². The molecule has 90 valence electrons. The van der Waals surface area contributed by atoms with Crippen molar-refractivity contribution in [1.29, 1.82) is 0 Å². The monoisotopic (exact) mass is 245 g/mol. The highest BCUT2D eigenvalue weighted by atomic mass is 35.5. The normalized spacial score (nSPS) is 12.6. The van der Waals surface area contributed by atoms with Gasteiger partial charge in [0, 0.05) is 5.56 Å². The number of hydrogen-bond acceptors (Lipinski definition) is 2. The lowest BCUT2D eigenvalue weighted by atomic mass is 9.92. The third-order valence-electron chi connectivity index (χ3n) is 2.77. The Bertz CT molecular complexity index is 382. The highest BCUT2D eigenvalue weighted by molar-refractivity contribution is 6.32. The SMILES string of the molecule is COc1c(Cl)cc(F)c(C)c1C(C)CCN. The van der Waals surface area contributed by atoms with E-state index in [1.54, 1.807) is 6.92 Å². The number of methoxy groups -OCH3 is 1. The van der Waals surface area contributed by atoms with E-state index in [9.17, 15) is 4.39 Å². The third kappa shape index (κ3) is 2.47. The summed E-state index contributed by atoms with van der Waals surface area (Å²) in [5.41, 5.74) is 6.92. The second kappa shape index (κ2) is 5.51. The number of rotatable bonds is 4. The van der Waals surface area contributed by atoms with Crippen molar-refractivity contribution in [3.8, 4) is 5.75 Å². The van der Waals surface area contributed by atoms with Crippen LogP contribution in [0.15, 0.2) is 6.07 Å². The average molecular weight is 246 g/mol. The summed E-state index contributed by atoms with van der Waals surface area (Å²) in [6.07, 6.45) is 0.775. The van der Waals surface area contributed by atoms with E-state index in [0.29, 0.717) is 22.9 Å². The van der Waals surface area contributed by atoms with Crippen LogP contribution >= 0.6 is 11.6 Å². The Balaban J connectivity index is 3.32. The largest absolute Gasteiger partial charge is 0.495 e. The van der Waals surface area contributed by atoms with Crippen LogP contribution in [0.4, 0.5) is 4.39 Å². The van der Waals surface area contributed by atoms with E-state index in [4.69, 9.17) is 22.1 Å². The van der Waals surface area contributed by atoms with Crippen molar-refractivity contribution >= 4 is 11.6 Å². The van der Waals surface area contributed by atoms with Crippen molar-refractivity contribution in [2.24, 2.45) is 5.73 Å². The zero-order chi connectivity index (χ0) is 12.3. The van der Waals surface area contributed by atoms with Crippen LogP contribution in [0.3, 0.4) is 0 Å². The number of hydrogen-bond donors (Lipinski definition) is 1. The molecule has 0 aliphatic rings. The maximum Gasteiger partial charge on any atom is 0.141 e. The molecule has 0 amide bonds. The molecule has 0 saturated carbocycles. The van der Waals surface area contributed by atoms with Gasteiger partial charge in [0.2, 0.25) is 0 Å². The van der Waals surface area contributed by atoms with Gasteiger partial charge in [-0.2, -0.15) is 0 Å². The first-order chi connectivity index (χ1) is 7.52. The number of ether oxygens (including phenoxy) is 1. The molecular weight excluding hydrogens is 229 g/mol. The Morgan fingerprint density at radius 2 is 2.19 bits per heavy atom. The lowest BCUT2D eigenvalue weighted by Crippen LogP contribution is -2.08. The zero-order valence-electron chi connectivity index (χ0n) is 9.81. The molecule has 1 aromatic carbocycles. The van der Waals surface area contributed by atoms with E-state index < -0.39 is 0 Å². The van der Waals surface area contributed by atoms with Crippen LogP contribution in [0.5, 0.6) is 5.75 Å². The van der Waals surface area contributed by atoms with Gasteiger partial charge in [0.15, 0.2) is 0 Å². The standard InChI is InChI=1S/C12H17ClFNO/c1-7(4-5-15)11-8(2)10(14)6-9(13)12(11)16-3/h6-7H,4-5,15H2,1-3H3. The molecule has 0 fully saturated rings. The zero-order valence-corrected chi connectivity index (χ0v) is 10.6. The molecule has 1 aromatic rings. The molecule has 2 nitrogen and oxygen atoms in total. The summed E-state index contributed by atoms with van der Waals surface area (Å²) in [5.74, 6) is 0.388. The molecule has 0 bridgehead atoms. The lowest BCUT2D eigenvalue weighted by Gasteiger charge is -2.19. The molecule has 1 rings (SSSR count). The molecule has 1 atom stereocenters.